The molecule has 1 aliphatic rings. The van der Waals surface area contributed by atoms with E-state index in [1.54, 1.807) is 30.0 Å². The van der Waals surface area contributed by atoms with E-state index in [2.05, 4.69) is 11.4 Å². The minimum absolute atomic E-state index is 0.100. The predicted octanol–water partition coefficient (Wildman–Crippen LogP) is 1.99. The monoisotopic (exact) mass is 323 g/mol. The van der Waals surface area contributed by atoms with Gasteiger partial charge in [-0.2, -0.15) is 5.26 Å². The first-order valence-electron chi connectivity index (χ1n) is 7.71. The smallest absolute Gasteiger partial charge is 0.287 e. The summed E-state index contributed by atoms with van der Waals surface area (Å²) < 4.78 is 5.15. The molecule has 6 heteroatoms. The quantitative estimate of drug-likeness (QED) is 0.932. The minimum Gasteiger partial charge on any atom is -0.459 e. The van der Waals surface area contributed by atoms with Crippen molar-refractivity contribution in [3.63, 3.8) is 0 Å². The van der Waals surface area contributed by atoms with Crippen LogP contribution in [0.1, 0.15) is 33.7 Å². The molecule has 0 radical (unpaired) electrons. The van der Waals surface area contributed by atoms with Crippen LogP contribution in [-0.4, -0.2) is 29.3 Å². The topological polar surface area (TPSA) is 86.3 Å². The molecule has 0 saturated carbocycles. The number of carbonyl (C=O) groups is 2. The van der Waals surface area contributed by atoms with Gasteiger partial charge in [0.15, 0.2) is 5.76 Å². The summed E-state index contributed by atoms with van der Waals surface area (Å²) in [6.07, 6.45) is 2.03. The third-order valence-electron chi connectivity index (χ3n) is 4.13. The predicted molar refractivity (Wildman–Crippen MR) is 85.9 cm³/mol. The van der Waals surface area contributed by atoms with Gasteiger partial charge in [-0.25, -0.2) is 0 Å². The van der Waals surface area contributed by atoms with Crippen LogP contribution < -0.4 is 5.32 Å². The maximum atomic E-state index is 12.5. The molecule has 2 amide bonds. The van der Waals surface area contributed by atoms with Gasteiger partial charge in [-0.1, -0.05) is 12.1 Å². The second-order valence-corrected chi connectivity index (χ2v) is 5.82. The highest BCUT2D eigenvalue weighted by molar-refractivity contribution is 5.97. The number of nitrogens with zero attached hydrogens (tertiary/aromatic N) is 2. The number of nitrogens with one attached hydrogen (secondary N) is 1. The van der Waals surface area contributed by atoms with E-state index in [-0.39, 0.29) is 17.6 Å². The Bertz CT molecular complexity index is 802. The molecule has 1 aliphatic heterocycles. The summed E-state index contributed by atoms with van der Waals surface area (Å²) >= 11 is 0. The Morgan fingerprint density at radius 3 is 2.75 bits per heavy atom. The number of furan rings is 1. The summed E-state index contributed by atoms with van der Waals surface area (Å²) in [5.74, 6) is -0.221. The molecule has 0 unspecified atom stereocenters. The van der Waals surface area contributed by atoms with Gasteiger partial charge in [0.1, 0.15) is 6.04 Å². The SMILES string of the molecule is Cc1ccoc1C(=O)N[C@@H]1CCN(Cc2ccc(C#N)cc2)C1=O. The summed E-state index contributed by atoms with van der Waals surface area (Å²) in [5.41, 5.74) is 2.29. The molecular weight excluding hydrogens is 306 g/mol. The average Bonchev–Trinajstić information content (AvgIpc) is 3.16. The van der Waals surface area contributed by atoms with Gasteiger partial charge in [0.25, 0.3) is 5.91 Å². The summed E-state index contributed by atoms with van der Waals surface area (Å²) in [5, 5.41) is 11.5. The number of likely N-dealkylation sites (tertiary alicyclic amines) is 1. The highest BCUT2D eigenvalue weighted by atomic mass is 16.3. The van der Waals surface area contributed by atoms with Crippen LogP contribution in [0.4, 0.5) is 0 Å². The van der Waals surface area contributed by atoms with Crippen molar-refractivity contribution in [2.45, 2.75) is 25.9 Å². The molecule has 1 fully saturated rings. The lowest BCUT2D eigenvalue weighted by molar-refractivity contribution is -0.129. The largest absolute Gasteiger partial charge is 0.459 e. The molecule has 1 N–H and O–H groups in total. The first kappa shape index (κ1) is 15.8. The fourth-order valence-corrected chi connectivity index (χ4v) is 2.76. The minimum atomic E-state index is -0.527. The van der Waals surface area contributed by atoms with Crippen molar-refractivity contribution in [1.29, 1.82) is 5.26 Å². The fraction of sp³-hybridized carbons (Fsp3) is 0.278. The van der Waals surface area contributed by atoms with E-state index in [0.29, 0.717) is 25.1 Å². The van der Waals surface area contributed by atoms with Gasteiger partial charge < -0.3 is 14.6 Å². The van der Waals surface area contributed by atoms with E-state index in [9.17, 15) is 9.59 Å². The fourth-order valence-electron chi connectivity index (χ4n) is 2.76. The van der Waals surface area contributed by atoms with Crippen LogP contribution in [0.15, 0.2) is 41.0 Å². The van der Waals surface area contributed by atoms with Gasteiger partial charge >= 0.3 is 0 Å². The number of amides is 2. The van der Waals surface area contributed by atoms with Crippen LogP contribution in [0.3, 0.4) is 0 Å². The van der Waals surface area contributed by atoms with Gasteiger partial charge in [0.05, 0.1) is 17.9 Å². The lowest BCUT2D eigenvalue weighted by atomic mass is 10.1. The molecule has 1 aromatic heterocycles. The first-order valence-corrected chi connectivity index (χ1v) is 7.71. The second kappa shape index (κ2) is 6.59. The Morgan fingerprint density at radius 1 is 1.38 bits per heavy atom. The van der Waals surface area contributed by atoms with Crippen LogP contribution in [0.2, 0.25) is 0 Å². The Kier molecular flexibility index (Phi) is 4.34. The van der Waals surface area contributed by atoms with Crippen LogP contribution in [0.25, 0.3) is 0 Å². The van der Waals surface area contributed by atoms with Gasteiger partial charge in [-0.3, -0.25) is 9.59 Å². The Hall–Kier alpha value is -3.07. The van der Waals surface area contributed by atoms with Crippen molar-refractivity contribution in [3.05, 3.63) is 59.0 Å². The maximum absolute atomic E-state index is 12.5. The van der Waals surface area contributed by atoms with Crippen molar-refractivity contribution in [2.75, 3.05) is 6.54 Å². The number of aryl methyl sites for hydroxylation is 1. The van der Waals surface area contributed by atoms with E-state index in [4.69, 9.17) is 9.68 Å². The van der Waals surface area contributed by atoms with E-state index >= 15 is 0 Å². The van der Waals surface area contributed by atoms with Crippen molar-refractivity contribution >= 4 is 11.8 Å². The highest BCUT2D eigenvalue weighted by Crippen LogP contribution is 2.17. The van der Waals surface area contributed by atoms with Crippen LogP contribution in [0.5, 0.6) is 0 Å². The number of rotatable bonds is 4. The van der Waals surface area contributed by atoms with Gasteiger partial charge in [-0.15, -0.1) is 0 Å². The summed E-state index contributed by atoms with van der Waals surface area (Å²) in [4.78, 5) is 26.3. The molecule has 6 nitrogen and oxygen atoms in total. The zero-order chi connectivity index (χ0) is 17.1. The number of hydrogen-bond acceptors (Lipinski definition) is 4. The average molecular weight is 323 g/mol. The van der Waals surface area contributed by atoms with Crippen molar-refractivity contribution < 1.29 is 14.0 Å². The molecule has 0 spiro atoms. The standard InChI is InChI=1S/C18H17N3O3/c1-12-7-9-24-16(12)17(22)20-15-6-8-21(18(15)23)11-14-4-2-13(10-19)3-5-14/h2-5,7,9,15H,6,8,11H2,1H3,(H,20,22)/t15-/m1/s1. The molecule has 2 heterocycles. The van der Waals surface area contributed by atoms with E-state index in [1.165, 1.54) is 6.26 Å². The van der Waals surface area contributed by atoms with Crippen molar-refractivity contribution in [2.24, 2.45) is 0 Å². The third kappa shape index (κ3) is 3.15. The lowest BCUT2D eigenvalue weighted by Gasteiger charge is -2.17. The third-order valence-corrected chi connectivity index (χ3v) is 4.13. The second-order valence-electron chi connectivity index (χ2n) is 5.82. The molecule has 24 heavy (non-hydrogen) atoms. The Morgan fingerprint density at radius 2 is 2.12 bits per heavy atom. The summed E-state index contributed by atoms with van der Waals surface area (Å²) in [6, 6.07) is 10.4. The van der Waals surface area contributed by atoms with Gasteiger partial charge in [-0.05, 0) is 37.1 Å². The van der Waals surface area contributed by atoms with Crippen LogP contribution in [0, 0.1) is 18.3 Å². The Balaban J connectivity index is 1.61. The van der Waals surface area contributed by atoms with E-state index in [0.717, 1.165) is 11.1 Å². The number of nitriles is 1. The molecule has 0 aliphatic carbocycles. The van der Waals surface area contributed by atoms with Gasteiger partial charge in [0.2, 0.25) is 5.91 Å². The van der Waals surface area contributed by atoms with Crippen LogP contribution in [-0.2, 0) is 11.3 Å². The number of hydrogen-bond donors (Lipinski definition) is 1. The van der Waals surface area contributed by atoms with E-state index < -0.39 is 6.04 Å². The molecule has 1 aromatic carbocycles. The van der Waals surface area contributed by atoms with Gasteiger partial charge in [0, 0.05) is 18.7 Å². The molecule has 2 aromatic rings. The molecule has 1 atom stereocenters. The maximum Gasteiger partial charge on any atom is 0.287 e. The summed E-state index contributed by atoms with van der Waals surface area (Å²) in [6.45, 7) is 2.84. The molecule has 0 bridgehead atoms. The van der Waals surface area contributed by atoms with E-state index in [1.807, 2.05) is 12.1 Å². The summed E-state index contributed by atoms with van der Waals surface area (Å²) in [7, 11) is 0. The van der Waals surface area contributed by atoms with Crippen LogP contribution >= 0.6 is 0 Å². The number of benzene rings is 1. The molecular formula is C18H17N3O3. The zero-order valence-electron chi connectivity index (χ0n) is 13.3. The van der Waals surface area contributed by atoms with Crippen molar-refractivity contribution in [1.82, 2.24) is 10.2 Å². The lowest BCUT2D eigenvalue weighted by Crippen LogP contribution is -2.41. The molecule has 3 rings (SSSR count). The highest BCUT2D eigenvalue weighted by Gasteiger charge is 2.33. The normalized spacial score (nSPS) is 16.9. The zero-order valence-corrected chi connectivity index (χ0v) is 13.3. The first-order chi connectivity index (χ1) is 11.6. The Labute approximate surface area is 139 Å². The molecule has 1 saturated heterocycles. The van der Waals surface area contributed by atoms with Crippen molar-refractivity contribution in [3.8, 4) is 6.07 Å². The molecule has 122 valence electrons. The number of carbonyl (C=O) groups excluding carboxylic acids is 2.